The van der Waals surface area contributed by atoms with E-state index in [2.05, 4.69) is 72.2 Å². The summed E-state index contributed by atoms with van der Waals surface area (Å²) in [6.45, 7) is 7.89. The van der Waals surface area contributed by atoms with Crippen molar-refractivity contribution >= 4 is 31.9 Å². The molecule has 1 fully saturated rings. The summed E-state index contributed by atoms with van der Waals surface area (Å²) in [7, 11) is 2.19. The molecule has 0 amide bonds. The van der Waals surface area contributed by atoms with Gasteiger partial charge in [-0.3, -0.25) is 4.90 Å². The number of rotatable bonds is 5. The smallest absolute Gasteiger partial charge is 0.0320 e. The lowest BCUT2D eigenvalue weighted by Gasteiger charge is -2.29. The fraction of sp³-hybridized carbons (Fsp3) is 0.571. The van der Waals surface area contributed by atoms with Crippen molar-refractivity contribution < 1.29 is 0 Å². The Morgan fingerprint density at radius 3 is 2.63 bits per heavy atom. The molecule has 5 heteroatoms. The van der Waals surface area contributed by atoms with E-state index in [1.807, 2.05) is 0 Å². The minimum atomic E-state index is 0.998. The van der Waals surface area contributed by atoms with Gasteiger partial charge in [0.15, 0.2) is 0 Å². The lowest BCUT2D eigenvalue weighted by atomic mass is 10.2. The zero-order valence-electron chi connectivity index (χ0n) is 11.3. The Labute approximate surface area is 132 Å². The van der Waals surface area contributed by atoms with E-state index in [0.29, 0.717) is 0 Å². The van der Waals surface area contributed by atoms with E-state index in [0.717, 1.165) is 41.7 Å². The second-order valence-electron chi connectivity index (χ2n) is 5.08. The van der Waals surface area contributed by atoms with Crippen LogP contribution in [-0.4, -0.2) is 56.1 Å². The molecule has 0 radical (unpaired) electrons. The average Bonchev–Trinajstić information content (AvgIpc) is 2.42. The van der Waals surface area contributed by atoms with Crippen LogP contribution in [0.2, 0.25) is 0 Å². The van der Waals surface area contributed by atoms with Gasteiger partial charge >= 0.3 is 0 Å². The van der Waals surface area contributed by atoms with Crippen molar-refractivity contribution in [2.24, 2.45) is 0 Å². The van der Waals surface area contributed by atoms with Crippen molar-refractivity contribution in [2.45, 2.75) is 6.54 Å². The maximum Gasteiger partial charge on any atom is 0.0320 e. The van der Waals surface area contributed by atoms with Crippen LogP contribution in [0.4, 0.5) is 0 Å². The molecule has 1 heterocycles. The zero-order valence-corrected chi connectivity index (χ0v) is 14.5. The molecule has 106 valence electrons. The number of nitrogens with zero attached hydrogens (tertiary/aromatic N) is 2. The van der Waals surface area contributed by atoms with Gasteiger partial charge in [0.2, 0.25) is 0 Å². The van der Waals surface area contributed by atoms with E-state index in [9.17, 15) is 0 Å². The van der Waals surface area contributed by atoms with Crippen molar-refractivity contribution in [3.8, 4) is 0 Å². The van der Waals surface area contributed by atoms with E-state index >= 15 is 0 Å². The number of halogens is 2. The zero-order chi connectivity index (χ0) is 13.7. The van der Waals surface area contributed by atoms with Gasteiger partial charge in [-0.15, -0.1) is 0 Å². The lowest BCUT2D eigenvalue weighted by molar-refractivity contribution is 0.202. The van der Waals surface area contributed by atoms with Crippen LogP contribution in [0.15, 0.2) is 27.1 Å². The van der Waals surface area contributed by atoms with E-state index in [1.165, 1.54) is 18.7 Å². The van der Waals surface area contributed by atoms with Crippen LogP contribution in [0, 0.1) is 0 Å². The molecule has 19 heavy (non-hydrogen) atoms. The van der Waals surface area contributed by atoms with Crippen molar-refractivity contribution in [2.75, 3.05) is 46.3 Å². The van der Waals surface area contributed by atoms with Crippen LogP contribution in [0.3, 0.4) is 0 Å². The highest BCUT2D eigenvalue weighted by molar-refractivity contribution is 9.13. The largest absolute Gasteiger partial charge is 0.314 e. The number of piperazine rings is 1. The topological polar surface area (TPSA) is 18.5 Å². The van der Waals surface area contributed by atoms with Gasteiger partial charge in [-0.25, -0.2) is 0 Å². The standard InChI is InChI=1S/C14H21Br2N3/c1-18(8-9-19-6-4-17-5-7-19)11-12-2-3-13(15)14(16)10-12/h2-3,10,17H,4-9,11H2,1H3. The van der Waals surface area contributed by atoms with Crippen LogP contribution in [0.25, 0.3) is 0 Å². The SMILES string of the molecule is CN(CCN1CCNCC1)Cc1ccc(Br)c(Br)c1. The first-order chi connectivity index (χ1) is 9.15. The summed E-state index contributed by atoms with van der Waals surface area (Å²) < 4.78 is 2.24. The minimum absolute atomic E-state index is 0.998. The van der Waals surface area contributed by atoms with Gasteiger partial charge in [0.05, 0.1) is 0 Å². The number of hydrogen-bond acceptors (Lipinski definition) is 3. The Morgan fingerprint density at radius 1 is 1.21 bits per heavy atom. The van der Waals surface area contributed by atoms with Crippen molar-refractivity contribution in [1.29, 1.82) is 0 Å². The van der Waals surface area contributed by atoms with Gasteiger partial charge in [0, 0.05) is 54.8 Å². The third-order valence-corrected chi connectivity index (χ3v) is 5.32. The molecule has 1 saturated heterocycles. The highest BCUT2D eigenvalue weighted by Gasteiger charge is 2.10. The molecule has 1 N–H and O–H groups in total. The molecule has 0 aliphatic carbocycles. The molecule has 0 saturated carbocycles. The molecule has 0 aromatic heterocycles. The molecular formula is C14H21Br2N3. The molecule has 0 bridgehead atoms. The van der Waals surface area contributed by atoms with Gasteiger partial charge in [-0.1, -0.05) is 6.07 Å². The van der Waals surface area contributed by atoms with Crippen LogP contribution in [-0.2, 0) is 6.54 Å². The van der Waals surface area contributed by atoms with Crippen LogP contribution in [0.1, 0.15) is 5.56 Å². The monoisotopic (exact) mass is 389 g/mol. The molecule has 3 nitrogen and oxygen atoms in total. The van der Waals surface area contributed by atoms with E-state index < -0.39 is 0 Å². The third-order valence-electron chi connectivity index (χ3n) is 3.44. The van der Waals surface area contributed by atoms with Gasteiger partial charge in [-0.05, 0) is 56.6 Å². The van der Waals surface area contributed by atoms with Crippen LogP contribution in [0.5, 0.6) is 0 Å². The van der Waals surface area contributed by atoms with Crippen molar-refractivity contribution in [3.63, 3.8) is 0 Å². The van der Waals surface area contributed by atoms with Crippen molar-refractivity contribution in [3.05, 3.63) is 32.7 Å². The van der Waals surface area contributed by atoms with Gasteiger partial charge in [0.25, 0.3) is 0 Å². The maximum absolute atomic E-state index is 3.56. The lowest BCUT2D eigenvalue weighted by Crippen LogP contribution is -2.45. The third kappa shape index (κ3) is 5.16. The summed E-state index contributed by atoms with van der Waals surface area (Å²) in [5.74, 6) is 0. The van der Waals surface area contributed by atoms with Gasteiger partial charge in [-0.2, -0.15) is 0 Å². The summed E-state index contributed by atoms with van der Waals surface area (Å²) in [5, 5.41) is 3.39. The van der Waals surface area contributed by atoms with E-state index in [1.54, 1.807) is 0 Å². The van der Waals surface area contributed by atoms with Crippen LogP contribution < -0.4 is 5.32 Å². The molecule has 1 aliphatic heterocycles. The van der Waals surface area contributed by atoms with E-state index in [4.69, 9.17) is 0 Å². The van der Waals surface area contributed by atoms with Crippen LogP contribution >= 0.6 is 31.9 Å². The Bertz CT molecular complexity index is 406. The van der Waals surface area contributed by atoms with Gasteiger partial charge in [0.1, 0.15) is 0 Å². The Hall–Kier alpha value is 0.0600. The predicted octanol–water partition coefficient (Wildman–Crippen LogP) is 2.55. The average molecular weight is 391 g/mol. The second kappa shape index (κ2) is 7.74. The highest BCUT2D eigenvalue weighted by Crippen LogP contribution is 2.24. The molecule has 2 rings (SSSR count). The first-order valence-corrected chi connectivity index (χ1v) is 8.29. The minimum Gasteiger partial charge on any atom is -0.314 e. The molecular weight excluding hydrogens is 370 g/mol. The van der Waals surface area contributed by atoms with Crippen molar-refractivity contribution in [1.82, 2.24) is 15.1 Å². The quantitative estimate of drug-likeness (QED) is 0.833. The highest BCUT2D eigenvalue weighted by atomic mass is 79.9. The van der Waals surface area contributed by atoms with E-state index in [-0.39, 0.29) is 0 Å². The summed E-state index contributed by atoms with van der Waals surface area (Å²) in [6.07, 6.45) is 0. The fourth-order valence-corrected chi connectivity index (χ4v) is 2.95. The Balaban J connectivity index is 1.76. The molecule has 1 aromatic carbocycles. The predicted molar refractivity (Wildman–Crippen MR) is 87.5 cm³/mol. The number of hydrogen-bond donors (Lipinski definition) is 1. The molecule has 1 aliphatic rings. The number of likely N-dealkylation sites (N-methyl/N-ethyl adjacent to an activating group) is 1. The second-order valence-corrected chi connectivity index (χ2v) is 6.79. The normalized spacial score (nSPS) is 17.1. The summed E-state index contributed by atoms with van der Waals surface area (Å²) >= 11 is 7.06. The molecule has 0 spiro atoms. The number of benzene rings is 1. The molecule has 1 aromatic rings. The first kappa shape index (κ1) is 15.4. The molecule has 0 unspecified atom stereocenters. The molecule has 0 atom stereocenters. The maximum atomic E-state index is 3.56. The van der Waals surface area contributed by atoms with Gasteiger partial charge < -0.3 is 10.2 Å². The summed E-state index contributed by atoms with van der Waals surface area (Å²) in [6, 6.07) is 6.46. The Kier molecular flexibility index (Phi) is 6.29. The summed E-state index contributed by atoms with van der Waals surface area (Å²) in [5.41, 5.74) is 1.35. The fourth-order valence-electron chi connectivity index (χ4n) is 2.28. The Morgan fingerprint density at radius 2 is 1.95 bits per heavy atom. The first-order valence-electron chi connectivity index (χ1n) is 6.71. The number of nitrogens with one attached hydrogen (secondary N) is 1. The summed E-state index contributed by atoms with van der Waals surface area (Å²) in [4.78, 5) is 4.92.